The van der Waals surface area contributed by atoms with E-state index in [-0.39, 0.29) is 29.7 Å². The highest BCUT2D eigenvalue weighted by molar-refractivity contribution is 7.62. The average Bonchev–Trinajstić information content (AvgIpc) is 2.54. The Bertz CT molecular complexity index is 881. The van der Waals surface area contributed by atoms with Crippen LogP contribution < -0.4 is 11.0 Å². The molecular weight excluding hydrogens is 356 g/mol. The lowest BCUT2D eigenvalue weighted by molar-refractivity contribution is -0.136. The molecule has 9 heteroatoms. The molecule has 0 aliphatic carbocycles. The predicted molar refractivity (Wildman–Crippen MR) is 88.6 cm³/mol. The zero-order valence-electron chi connectivity index (χ0n) is 13.6. The fourth-order valence-electron chi connectivity index (χ4n) is 2.63. The molecule has 25 heavy (non-hydrogen) atoms. The Hall–Kier alpha value is -2.07. The molecule has 0 saturated heterocycles. The van der Waals surface area contributed by atoms with Crippen LogP contribution in [0.4, 0.5) is 18.9 Å². The molecule has 0 heterocycles. The van der Waals surface area contributed by atoms with Crippen molar-refractivity contribution in [2.75, 3.05) is 18.9 Å². The number of rotatable bonds is 5. The van der Waals surface area contributed by atoms with Crippen molar-refractivity contribution >= 4 is 29.4 Å². The van der Waals surface area contributed by atoms with Gasteiger partial charge in [0.15, 0.2) is 0 Å². The van der Waals surface area contributed by atoms with Gasteiger partial charge in [-0.15, -0.1) is 0 Å². The van der Waals surface area contributed by atoms with E-state index in [0.29, 0.717) is 0 Å². The smallest absolute Gasteiger partial charge is 0.397 e. The fourth-order valence-corrected chi connectivity index (χ4v) is 4.57. The van der Waals surface area contributed by atoms with E-state index in [2.05, 4.69) is 0 Å². The number of halogens is 3. The topological polar surface area (TPSA) is 85.3 Å². The van der Waals surface area contributed by atoms with Crippen molar-refractivity contribution in [1.82, 2.24) is 0 Å². The van der Waals surface area contributed by atoms with Crippen LogP contribution in [0.25, 0.3) is 10.8 Å². The minimum absolute atomic E-state index is 0.0260. The van der Waals surface area contributed by atoms with Crippen molar-refractivity contribution in [3.8, 4) is 6.07 Å². The van der Waals surface area contributed by atoms with Crippen molar-refractivity contribution in [3.63, 3.8) is 0 Å². The maximum absolute atomic E-state index is 13.8. The zero-order chi connectivity index (χ0) is 18.8. The summed E-state index contributed by atoms with van der Waals surface area (Å²) in [7, 11) is -4.38. The zero-order valence-corrected chi connectivity index (χ0v) is 14.4. The maximum atomic E-state index is 13.8. The molecular formula is C16H16F3N2O3P. The lowest BCUT2D eigenvalue weighted by Gasteiger charge is -2.25. The van der Waals surface area contributed by atoms with Gasteiger partial charge in [-0.3, -0.25) is 4.57 Å². The van der Waals surface area contributed by atoms with Crippen LogP contribution in [0, 0.1) is 11.3 Å². The second-order valence-electron chi connectivity index (χ2n) is 5.00. The first-order chi connectivity index (χ1) is 11.7. The fraction of sp³-hybridized carbons (Fsp3) is 0.312. The summed E-state index contributed by atoms with van der Waals surface area (Å²) < 4.78 is 64.5. The van der Waals surface area contributed by atoms with Crippen LogP contribution in [-0.4, -0.2) is 13.2 Å². The van der Waals surface area contributed by atoms with Crippen LogP contribution in [0.2, 0.25) is 0 Å². The number of alkyl halides is 3. The van der Waals surface area contributed by atoms with E-state index >= 15 is 0 Å². The number of nitrogens with two attached hydrogens (primary N) is 1. The molecule has 0 spiro atoms. The lowest BCUT2D eigenvalue weighted by Crippen LogP contribution is -2.27. The standard InChI is InChI=1S/C16H16F3N2O3P/c1-3-23-25(22,24-4-2)15-13(16(17,18)19)12(9-20)10-7-5-6-8-11(10)14(15)21/h5-8H,3-4,21H2,1-2H3. The van der Waals surface area contributed by atoms with Crippen LogP contribution in [-0.2, 0) is 19.8 Å². The van der Waals surface area contributed by atoms with Crippen molar-refractivity contribution < 1.29 is 26.8 Å². The van der Waals surface area contributed by atoms with E-state index in [4.69, 9.17) is 14.8 Å². The van der Waals surface area contributed by atoms with E-state index in [1.165, 1.54) is 32.0 Å². The van der Waals surface area contributed by atoms with Gasteiger partial charge in [0.25, 0.3) is 0 Å². The summed E-state index contributed by atoms with van der Waals surface area (Å²) in [6.07, 6.45) is -4.97. The Balaban J connectivity index is 3.08. The molecule has 0 fully saturated rings. The van der Waals surface area contributed by atoms with Gasteiger partial charge in [0, 0.05) is 10.8 Å². The first kappa shape index (κ1) is 19.3. The molecule has 2 rings (SSSR count). The third kappa shape index (κ3) is 3.36. The molecule has 134 valence electrons. The minimum Gasteiger partial charge on any atom is -0.397 e. The second kappa shape index (κ2) is 7.04. The van der Waals surface area contributed by atoms with Gasteiger partial charge in [0.05, 0.1) is 30.0 Å². The normalized spacial score (nSPS) is 12.3. The van der Waals surface area contributed by atoms with E-state index in [1.54, 1.807) is 12.1 Å². The van der Waals surface area contributed by atoms with E-state index in [0.717, 1.165) is 0 Å². The van der Waals surface area contributed by atoms with Gasteiger partial charge in [-0.25, -0.2) is 0 Å². The molecule has 2 aromatic rings. The van der Waals surface area contributed by atoms with Gasteiger partial charge in [0.2, 0.25) is 0 Å². The molecule has 0 saturated carbocycles. The van der Waals surface area contributed by atoms with Crippen LogP contribution >= 0.6 is 7.60 Å². The molecule has 0 aliphatic rings. The van der Waals surface area contributed by atoms with Gasteiger partial charge in [-0.05, 0) is 13.8 Å². The van der Waals surface area contributed by atoms with Gasteiger partial charge in [-0.2, -0.15) is 18.4 Å². The van der Waals surface area contributed by atoms with Crippen molar-refractivity contribution in [3.05, 3.63) is 35.4 Å². The number of anilines is 1. The van der Waals surface area contributed by atoms with Crippen LogP contribution in [0.15, 0.2) is 24.3 Å². The number of hydrogen-bond donors (Lipinski definition) is 1. The highest BCUT2D eigenvalue weighted by Gasteiger charge is 2.45. The summed E-state index contributed by atoms with van der Waals surface area (Å²) in [5, 5.41) is 8.76. The Morgan fingerprint density at radius 3 is 2.12 bits per heavy atom. The molecule has 2 aromatic carbocycles. The van der Waals surface area contributed by atoms with Gasteiger partial charge < -0.3 is 14.8 Å². The summed E-state index contributed by atoms with van der Waals surface area (Å²) >= 11 is 0. The van der Waals surface area contributed by atoms with Gasteiger partial charge in [-0.1, -0.05) is 24.3 Å². The second-order valence-corrected chi connectivity index (χ2v) is 6.96. The lowest BCUT2D eigenvalue weighted by atomic mass is 9.97. The quantitative estimate of drug-likeness (QED) is 0.628. The minimum atomic E-state index is -4.97. The van der Waals surface area contributed by atoms with E-state index in [9.17, 15) is 23.0 Å². The molecule has 0 bridgehead atoms. The molecule has 0 amide bonds. The van der Waals surface area contributed by atoms with Crippen LogP contribution in [0.3, 0.4) is 0 Å². The SMILES string of the molecule is CCOP(=O)(OCC)c1c(C(F)(F)F)c(C#N)c2ccccc2c1N. The third-order valence-electron chi connectivity index (χ3n) is 3.50. The summed E-state index contributed by atoms with van der Waals surface area (Å²) in [5.74, 6) is 0. The largest absolute Gasteiger partial charge is 0.418 e. The Labute approximate surface area is 142 Å². The number of nitrogens with zero attached hydrogens (tertiary/aromatic N) is 1. The summed E-state index contributed by atoms with van der Waals surface area (Å²) in [6.45, 7) is 2.65. The summed E-state index contributed by atoms with van der Waals surface area (Å²) in [6, 6.07) is 7.43. The van der Waals surface area contributed by atoms with Gasteiger partial charge >= 0.3 is 13.8 Å². The van der Waals surface area contributed by atoms with Crippen LogP contribution in [0.1, 0.15) is 25.0 Å². The number of nitrogen functional groups attached to an aromatic ring is 1. The number of hydrogen-bond acceptors (Lipinski definition) is 5. The molecule has 0 unspecified atom stereocenters. The van der Waals surface area contributed by atoms with Crippen molar-refractivity contribution in [2.45, 2.75) is 20.0 Å². The maximum Gasteiger partial charge on any atom is 0.418 e. The van der Waals surface area contributed by atoms with Crippen molar-refractivity contribution in [2.24, 2.45) is 0 Å². The predicted octanol–water partition coefficient (Wildman–Crippen LogP) is 4.20. The van der Waals surface area contributed by atoms with E-state index < -0.39 is 30.2 Å². The van der Waals surface area contributed by atoms with Crippen molar-refractivity contribution in [1.29, 1.82) is 5.26 Å². The first-order valence-corrected chi connectivity index (χ1v) is 8.96. The molecule has 0 radical (unpaired) electrons. The Morgan fingerprint density at radius 1 is 1.16 bits per heavy atom. The highest BCUT2D eigenvalue weighted by Crippen LogP contribution is 2.53. The highest BCUT2D eigenvalue weighted by atomic mass is 31.2. The average molecular weight is 372 g/mol. The van der Waals surface area contributed by atoms with Crippen LogP contribution in [0.5, 0.6) is 0 Å². The molecule has 0 aromatic heterocycles. The molecule has 0 aliphatic heterocycles. The van der Waals surface area contributed by atoms with E-state index in [1.807, 2.05) is 0 Å². The number of fused-ring (bicyclic) bond motifs is 1. The monoisotopic (exact) mass is 372 g/mol. The summed E-state index contributed by atoms with van der Waals surface area (Å²) in [4.78, 5) is 0. The summed E-state index contributed by atoms with van der Waals surface area (Å²) in [5.41, 5.74) is 3.54. The molecule has 2 N–H and O–H groups in total. The number of benzene rings is 2. The first-order valence-electron chi connectivity index (χ1n) is 7.42. The Kier molecular flexibility index (Phi) is 5.43. The molecule has 5 nitrogen and oxygen atoms in total. The number of nitriles is 1. The molecule has 0 atom stereocenters. The third-order valence-corrected chi connectivity index (χ3v) is 5.70. The Morgan fingerprint density at radius 2 is 1.68 bits per heavy atom. The van der Waals surface area contributed by atoms with Gasteiger partial charge in [0.1, 0.15) is 11.4 Å².